The molecule has 1 amide bonds. The molecule has 0 bridgehead atoms. The highest BCUT2D eigenvalue weighted by Crippen LogP contribution is 2.38. The predicted molar refractivity (Wildman–Crippen MR) is 130 cm³/mol. The smallest absolute Gasteiger partial charge is 0.226 e. The van der Waals surface area contributed by atoms with E-state index >= 15 is 0 Å². The molecule has 4 heterocycles. The van der Waals surface area contributed by atoms with Crippen LogP contribution in [0.3, 0.4) is 0 Å². The van der Waals surface area contributed by atoms with Crippen LogP contribution in [0.2, 0.25) is 0 Å². The Morgan fingerprint density at radius 1 is 1.03 bits per heavy atom. The number of rotatable bonds is 5. The fraction of sp³-hybridized carbons (Fsp3) is 0.192. The first-order valence-corrected chi connectivity index (χ1v) is 11.4. The van der Waals surface area contributed by atoms with Crippen molar-refractivity contribution < 1.29 is 9.53 Å². The zero-order chi connectivity index (χ0) is 23.9. The quantitative estimate of drug-likeness (QED) is 0.422. The summed E-state index contributed by atoms with van der Waals surface area (Å²) in [5, 5.41) is 20.2. The number of aryl methyl sites for hydroxylation is 2. The van der Waals surface area contributed by atoms with Crippen molar-refractivity contribution in [2.24, 2.45) is 0 Å². The molecule has 3 aromatic heterocycles. The van der Waals surface area contributed by atoms with Gasteiger partial charge in [0.25, 0.3) is 0 Å². The van der Waals surface area contributed by atoms with E-state index in [0.717, 1.165) is 22.4 Å². The highest BCUT2D eigenvalue weighted by molar-refractivity contribution is 5.94. The lowest BCUT2D eigenvalue weighted by Gasteiger charge is -2.23. The molecular weight excluding hydrogens is 442 g/mol. The second kappa shape index (κ2) is 8.35. The van der Waals surface area contributed by atoms with Crippen molar-refractivity contribution in [3.8, 4) is 11.6 Å². The third kappa shape index (κ3) is 3.80. The van der Waals surface area contributed by atoms with Gasteiger partial charge in [-0.05, 0) is 54.8 Å². The Balaban J connectivity index is 1.27. The van der Waals surface area contributed by atoms with Crippen LogP contribution in [0.4, 0.5) is 5.82 Å². The number of fused-ring (bicyclic) bond motifs is 2. The molecule has 0 unspecified atom stereocenters. The maximum absolute atomic E-state index is 12.7. The summed E-state index contributed by atoms with van der Waals surface area (Å²) in [6.07, 6.45) is 2.14. The number of carbonyl (C=O) groups is 1. The van der Waals surface area contributed by atoms with Crippen molar-refractivity contribution in [2.45, 2.75) is 32.8 Å². The first-order chi connectivity index (χ1) is 17.1. The number of carbonyl (C=O) groups excluding carboxylic acids is 1. The van der Waals surface area contributed by atoms with Crippen molar-refractivity contribution in [1.29, 1.82) is 0 Å². The van der Waals surface area contributed by atoms with E-state index in [-0.39, 0.29) is 11.8 Å². The zero-order valence-corrected chi connectivity index (χ0v) is 19.3. The standard InChI is InChI=1S/C26H23N7O2/c1-16-5-3-4-6-19(16)15-35-20-9-7-18(8-10-20)21-13-25(34)28-26-22(21)14-27-33(26)24-12-11-23-30-29-17(2)32(23)31-24/h3-12,14,21H,13,15H2,1-2H3,(H,28,34)/t21-/m0/s1. The highest BCUT2D eigenvalue weighted by Gasteiger charge is 2.30. The van der Waals surface area contributed by atoms with Crippen LogP contribution in [-0.4, -0.2) is 35.5 Å². The number of amides is 1. The number of ether oxygens (including phenoxy) is 1. The van der Waals surface area contributed by atoms with E-state index in [4.69, 9.17) is 4.74 Å². The summed E-state index contributed by atoms with van der Waals surface area (Å²) >= 11 is 0. The van der Waals surface area contributed by atoms with Crippen LogP contribution >= 0.6 is 0 Å². The maximum atomic E-state index is 12.7. The molecular formula is C26H23N7O2. The second-order valence-corrected chi connectivity index (χ2v) is 8.66. The van der Waals surface area contributed by atoms with Crippen molar-refractivity contribution in [3.05, 3.63) is 94.9 Å². The Hall–Kier alpha value is -4.53. The van der Waals surface area contributed by atoms with E-state index in [1.54, 1.807) is 15.4 Å². The Kier molecular flexibility index (Phi) is 5.02. The van der Waals surface area contributed by atoms with Gasteiger partial charge in [-0.25, -0.2) is 0 Å². The number of hydrogen-bond donors (Lipinski definition) is 1. The molecule has 9 heteroatoms. The first kappa shape index (κ1) is 21.0. The molecule has 0 spiro atoms. The van der Waals surface area contributed by atoms with Gasteiger partial charge >= 0.3 is 0 Å². The normalized spacial score (nSPS) is 15.1. The van der Waals surface area contributed by atoms with Crippen LogP contribution in [0, 0.1) is 13.8 Å². The van der Waals surface area contributed by atoms with Crippen molar-refractivity contribution in [2.75, 3.05) is 5.32 Å². The van der Waals surface area contributed by atoms with Gasteiger partial charge in [0, 0.05) is 17.9 Å². The number of nitrogens with zero attached hydrogens (tertiary/aromatic N) is 6. The lowest BCUT2D eigenvalue weighted by atomic mass is 9.87. The SMILES string of the molecule is Cc1ccccc1COc1ccc([C@@H]2CC(=O)Nc3c2cnn3-c2ccc3nnc(C)n3n2)cc1. The summed E-state index contributed by atoms with van der Waals surface area (Å²) in [6.45, 7) is 4.42. The summed E-state index contributed by atoms with van der Waals surface area (Å²) in [5.74, 6) is 2.49. The molecule has 6 rings (SSSR count). The summed E-state index contributed by atoms with van der Waals surface area (Å²) < 4.78 is 9.29. The molecule has 0 saturated heterocycles. The third-order valence-electron chi connectivity index (χ3n) is 6.38. The Labute approximate surface area is 201 Å². The summed E-state index contributed by atoms with van der Waals surface area (Å²) in [4.78, 5) is 12.7. The van der Waals surface area contributed by atoms with Gasteiger partial charge < -0.3 is 10.1 Å². The monoisotopic (exact) mass is 465 g/mol. The molecule has 2 aromatic carbocycles. The van der Waals surface area contributed by atoms with E-state index in [1.807, 2.05) is 55.5 Å². The highest BCUT2D eigenvalue weighted by atomic mass is 16.5. The number of anilines is 1. The maximum Gasteiger partial charge on any atom is 0.226 e. The van der Waals surface area contributed by atoms with Crippen LogP contribution in [0.1, 0.15) is 40.4 Å². The molecule has 0 saturated carbocycles. The van der Waals surface area contributed by atoms with Gasteiger partial charge in [0.15, 0.2) is 17.3 Å². The van der Waals surface area contributed by atoms with E-state index in [0.29, 0.717) is 36.1 Å². The van der Waals surface area contributed by atoms with Crippen LogP contribution in [0.25, 0.3) is 11.5 Å². The number of aromatic nitrogens is 6. The van der Waals surface area contributed by atoms with Crippen molar-refractivity contribution in [1.82, 2.24) is 29.6 Å². The van der Waals surface area contributed by atoms with Crippen LogP contribution in [0.5, 0.6) is 5.75 Å². The average Bonchev–Trinajstić information content (AvgIpc) is 3.46. The van der Waals surface area contributed by atoms with Gasteiger partial charge in [-0.2, -0.15) is 14.3 Å². The largest absolute Gasteiger partial charge is 0.489 e. The number of benzene rings is 2. The minimum absolute atomic E-state index is 0.0642. The molecule has 0 aliphatic carbocycles. The fourth-order valence-electron chi connectivity index (χ4n) is 4.42. The van der Waals surface area contributed by atoms with Crippen LogP contribution in [0.15, 0.2) is 66.9 Å². The summed E-state index contributed by atoms with van der Waals surface area (Å²) in [7, 11) is 0. The van der Waals surface area contributed by atoms with E-state index < -0.39 is 0 Å². The Bertz CT molecular complexity index is 1550. The lowest BCUT2D eigenvalue weighted by molar-refractivity contribution is -0.116. The molecule has 9 nitrogen and oxygen atoms in total. The fourth-order valence-corrected chi connectivity index (χ4v) is 4.42. The second-order valence-electron chi connectivity index (χ2n) is 8.66. The molecule has 1 N–H and O–H groups in total. The molecule has 5 aromatic rings. The van der Waals surface area contributed by atoms with Gasteiger partial charge in [-0.1, -0.05) is 36.4 Å². The van der Waals surface area contributed by atoms with Gasteiger partial charge in [0.2, 0.25) is 5.91 Å². The van der Waals surface area contributed by atoms with Crippen LogP contribution in [-0.2, 0) is 11.4 Å². The van der Waals surface area contributed by atoms with Gasteiger partial charge in [0.1, 0.15) is 18.2 Å². The molecule has 0 fully saturated rings. The molecule has 1 atom stereocenters. The van der Waals surface area contributed by atoms with E-state index in [1.165, 1.54) is 5.56 Å². The van der Waals surface area contributed by atoms with E-state index in [9.17, 15) is 4.79 Å². The molecule has 174 valence electrons. The molecule has 0 radical (unpaired) electrons. The minimum atomic E-state index is -0.113. The van der Waals surface area contributed by atoms with Crippen molar-refractivity contribution in [3.63, 3.8) is 0 Å². The predicted octanol–water partition coefficient (Wildman–Crippen LogP) is 3.98. The van der Waals surface area contributed by atoms with Gasteiger partial charge in [-0.15, -0.1) is 15.3 Å². The topological polar surface area (TPSA) is 99.2 Å². The minimum Gasteiger partial charge on any atom is -0.489 e. The van der Waals surface area contributed by atoms with Gasteiger partial charge in [-0.3, -0.25) is 4.79 Å². The first-order valence-electron chi connectivity index (χ1n) is 11.4. The Morgan fingerprint density at radius 2 is 1.86 bits per heavy atom. The van der Waals surface area contributed by atoms with Crippen molar-refractivity contribution >= 4 is 17.4 Å². The number of nitrogens with one attached hydrogen (secondary N) is 1. The molecule has 35 heavy (non-hydrogen) atoms. The average molecular weight is 466 g/mol. The zero-order valence-electron chi connectivity index (χ0n) is 19.3. The van der Waals surface area contributed by atoms with Crippen LogP contribution < -0.4 is 10.1 Å². The lowest BCUT2D eigenvalue weighted by Crippen LogP contribution is -2.24. The third-order valence-corrected chi connectivity index (χ3v) is 6.38. The van der Waals surface area contributed by atoms with E-state index in [2.05, 4.69) is 44.8 Å². The summed E-state index contributed by atoms with van der Waals surface area (Å²) in [6, 6.07) is 19.8. The number of hydrogen-bond acceptors (Lipinski definition) is 6. The molecule has 1 aliphatic heterocycles. The van der Waals surface area contributed by atoms with Gasteiger partial charge in [0.05, 0.1) is 6.20 Å². The Morgan fingerprint density at radius 3 is 2.69 bits per heavy atom. The molecule has 1 aliphatic rings. The summed E-state index contributed by atoms with van der Waals surface area (Å²) in [5.41, 5.74) is 4.99.